The summed E-state index contributed by atoms with van der Waals surface area (Å²) < 4.78 is 5.43. The fourth-order valence-corrected chi connectivity index (χ4v) is 1.98. The molecule has 0 saturated carbocycles. The molecular formula is C12H25N3O2. The van der Waals surface area contributed by atoms with E-state index in [1.807, 2.05) is 25.9 Å². The van der Waals surface area contributed by atoms with Crippen molar-refractivity contribution in [3.8, 4) is 0 Å². The maximum atomic E-state index is 12.0. The van der Waals surface area contributed by atoms with E-state index in [0.717, 1.165) is 32.6 Å². The van der Waals surface area contributed by atoms with Crippen LogP contribution in [0.1, 0.15) is 13.3 Å². The third-order valence-electron chi connectivity index (χ3n) is 2.97. The molecular weight excluding hydrogens is 218 g/mol. The lowest BCUT2D eigenvalue weighted by Crippen LogP contribution is -2.48. The lowest BCUT2D eigenvalue weighted by molar-refractivity contribution is -0.139. The van der Waals surface area contributed by atoms with E-state index in [2.05, 4.69) is 10.2 Å². The summed E-state index contributed by atoms with van der Waals surface area (Å²) in [5, 5.41) is 3.11. The molecule has 0 aromatic heterocycles. The lowest BCUT2D eigenvalue weighted by Gasteiger charge is -2.32. The van der Waals surface area contributed by atoms with E-state index in [-0.39, 0.29) is 12.0 Å². The Morgan fingerprint density at radius 2 is 2.35 bits per heavy atom. The van der Waals surface area contributed by atoms with Crippen molar-refractivity contribution in [2.24, 2.45) is 0 Å². The normalized spacial score (nSPS) is 20.9. The van der Waals surface area contributed by atoms with Crippen molar-refractivity contribution in [3.05, 3.63) is 0 Å². The minimum absolute atomic E-state index is 0.169. The number of morpholine rings is 1. The average Bonchev–Trinajstić information content (AvgIpc) is 2.29. The Labute approximate surface area is 104 Å². The first-order valence-electron chi connectivity index (χ1n) is 6.36. The van der Waals surface area contributed by atoms with Crippen LogP contribution in [0.15, 0.2) is 0 Å². The van der Waals surface area contributed by atoms with Gasteiger partial charge in [-0.05, 0) is 40.5 Å². The van der Waals surface area contributed by atoms with Gasteiger partial charge in [0.15, 0.2) is 0 Å². The summed E-state index contributed by atoms with van der Waals surface area (Å²) >= 11 is 0. The van der Waals surface area contributed by atoms with Crippen molar-refractivity contribution < 1.29 is 9.53 Å². The van der Waals surface area contributed by atoms with Gasteiger partial charge in [-0.2, -0.15) is 0 Å². The number of carbonyl (C=O) groups excluding carboxylic acids is 1. The van der Waals surface area contributed by atoms with Crippen LogP contribution >= 0.6 is 0 Å². The van der Waals surface area contributed by atoms with Gasteiger partial charge in [0.1, 0.15) is 0 Å². The molecule has 0 bridgehead atoms. The highest BCUT2D eigenvalue weighted by Gasteiger charge is 2.21. The first kappa shape index (κ1) is 14.4. The zero-order valence-electron chi connectivity index (χ0n) is 11.2. The van der Waals surface area contributed by atoms with E-state index in [1.54, 1.807) is 0 Å². The van der Waals surface area contributed by atoms with Gasteiger partial charge in [0.05, 0.1) is 19.3 Å². The Morgan fingerprint density at radius 3 is 3.00 bits per heavy atom. The number of nitrogens with zero attached hydrogens (tertiary/aromatic N) is 2. The minimum Gasteiger partial charge on any atom is -0.375 e. The first-order valence-corrected chi connectivity index (χ1v) is 6.36. The maximum Gasteiger partial charge on any atom is 0.236 e. The summed E-state index contributed by atoms with van der Waals surface area (Å²) in [4.78, 5) is 16.0. The van der Waals surface area contributed by atoms with Crippen molar-refractivity contribution in [3.63, 3.8) is 0 Å². The smallest absolute Gasteiger partial charge is 0.236 e. The molecule has 1 amide bonds. The van der Waals surface area contributed by atoms with Crippen molar-refractivity contribution in [2.45, 2.75) is 19.4 Å². The summed E-state index contributed by atoms with van der Waals surface area (Å²) in [6.07, 6.45) is 1.24. The van der Waals surface area contributed by atoms with Gasteiger partial charge < -0.3 is 15.0 Å². The van der Waals surface area contributed by atoms with Gasteiger partial charge in [0.2, 0.25) is 5.91 Å². The number of hydrogen-bond acceptors (Lipinski definition) is 4. The zero-order chi connectivity index (χ0) is 12.7. The number of nitrogens with one attached hydrogen (secondary N) is 1. The second kappa shape index (κ2) is 7.63. The number of amides is 1. The average molecular weight is 243 g/mol. The second-order valence-electron chi connectivity index (χ2n) is 4.72. The van der Waals surface area contributed by atoms with Crippen LogP contribution in [-0.4, -0.2) is 75.2 Å². The lowest BCUT2D eigenvalue weighted by atomic mass is 10.3. The molecule has 1 aliphatic rings. The van der Waals surface area contributed by atoms with Crippen LogP contribution in [-0.2, 0) is 9.53 Å². The number of likely N-dealkylation sites (N-methyl/N-ethyl adjacent to an activating group) is 1. The Hall–Kier alpha value is -0.650. The van der Waals surface area contributed by atoms with Crippen LogP contribution in [0.5, 0.6) is 0 Å². The summed E-state index contributed by atoms with van der Waals surface area (Å²) in [6, 6.07) is 0. The molecule has 5 heteroatoms. The predicted octanol–water partition coefficient (Wildman–Crippen LogP) is -0.225. The van der Waals surface area contributed by atoms with Crippen molar-refractivity contribution >= 4 is 5.91 Å². The molecule has 0 radical (unpaired) electrons. The third kappa shape index (κ3) is 5.48. The van der Waals surface area contributed by atoms with Crippen LogP contribution < -0.4 is 5.32 Å². The fourth-order valence-electron chi connectivity index (χ4n) is 1.98. The first-order chi connectivity index (χ1) is 8.13. The number of hydrogen-bond donors (Lipinski definition) is 1. The fraction of sp³-hybridized carbons (Fsp3) is 0.917. The van der Waals surface area contributed by atoms with Crippen LogP contribution in [0.4, 0.5) is 0 Å². The van der Waals surface area contributed by atoms with Gasteiger partial charge in [-0.15, -0.1) is 0 Å². The molecule has 1 atom stereocenters. The Kier molecular flexibility index (Phi) is 6.47. The third-order valence-corrected chi connectivity index (χ3v) is 2.97. The van der Waals surface area contributed by atoms with E-state index in [1.165, 1.54) is 0 Å². The second-order valence-corrected chi connectivity index (χ2v) is 4.72. The maximum absolute atomic E-state index is 12.0. The van der Waals surface area contributed by atoms with Crippen molar-refractivity contribution in [1.82, 2.24) is 15.1 Å². The Morgan fingerprint density at radius 1 is 1.59 bits per heavy atom. The molecule has 17 heavy (non-hydrogen) atoms. The standard InChI is InChI=1S/C12H25N3O2/c1-11-9-15(7-8-17-11)12(16)10-14(3)6-4-5-13-2/h11,13H,4-10H2,1-3H3. The van der Waals surface area contributed by atoms with Gasteiger partial charge in [0, 0.05) is 13.1 Å². The highest BCUT2D eigenvalue weighted by Crippen LogP contribution is 2.05. The van der Waals surface area contributed by atoms with Gasteiger partial charge in [-0.3, -0.25) is 9.69 Å². The topological polar surface area (TPSA) is 44.8 Å². The molecule has 1 aliphatic heterocycles. The summed E-state index contributed by atoms with van der Waals surface area (Å²) in [7, 11) is 3.94. The monoisotopic (exact) mass is 243 g/mol. The molecule has 1 saturated heterocycles. The summed E-state index contributed by atoms with van der Waals surface area (Å²) in [5.74, 6) is 0.215. The van der Waals surface area contributed by atoms with Crippen LogP contribution in [0, 0.1) is 0 Å². The van der Waals surface area contributed by atoms with E-state index in [4.69, 9.17) is 4.74 Å². The molecule has 100 valence electrons. The number of carbonyl (C=O) groups is 1. The molecule has 0 aromatic carbocycles. The number of rotatable bonds is 6. The highest BCUT2D eigenvalue weighted by molar-refractivity contribution is 5.78. The van der Waals surface area contributed by atoms with Crippen molar-refractivity contribution in [1.29, 1.82) is 0 Å². The number of ether oxygens (including phenoxy) is 1. The van der Waals surface area contributed by atoms with E-state index in [9.17, 15) is 4.79 Å². The van der Waals surface area contributed by atoms with Gasteiger partial charge >= 0.3 is 0 Å². The largest absolute Gasteiger partial charge is 0.375 e. The molecule has 0 spiro atoms. The van der Waals surface area contributed by atoms with E-state index in [0.29, 0.717) is 13.2 Å². The summed E-state index contributed by atoms with van der Waals surface area (Å²) in [5.41, 5.74) is 0. The van der Waals surface area contributed by atoms with Gasteiger partial charge in [0.25, 0.3) is 0 Å². The van der Waals surface area contributed by atoms with E-state index < -0.39 is 0 Å². The predicted molar refractivity (Wildman–Crippen MR) is 68.0 cm³/mol. The Bertz CT molecular complexity index is 236. The molecule has 0 aliphatic carbocycles. The van der Waals surface area contributed by atoms with Crippen LogP contribution in [0.25, 0.3) is 0 Å². The highest BCUT2D eigenvalue weighted by atomic mass is 16.5. The molecule has 5 nitrogen and oxygen atoms in total. The zero-order valence-corrected chi connectivity index (χ0v) is 11.2. The molecule has 1 unspecified atom stereocenters. The summed E-state index contributed by atoms with van der Waals surface area (Å²) in [6.45, 7) is 6.58. The quantitative estimate of drug-likeness (QED) is 0.655. The van der Waals surface area contributed by atoms with E-state index >= 15 is 0 Å². The molecule has 0 aromatic rings. The molecule has 1 fully saturated rings. The van der Waals surface area contributed by atoms with Gasteiger partial charge in [-0.1, -0.05) is 0 Å². The van der Waals surface area contributed by atoms with Gasteiger partial charge in [-0.25, -0.2) is 0 Å². The SMILES string of the molecule is CNCCCN(C)CC(=O)N1CCOC(C)C1. The minimum atomic E-state index is 0.169. The molecule has 1 N–H and O–H groups in total. The van der Waals surface area contributed by atoms with Crippen LogP contribution in [0.3, 0.4) is 0 Å². The Balaban J connectivity index is 2.22. The van der Waals surface area contributed by atoms with Crippen LogP contribution in [0.2, 0.25) is 0 Å². The molecule has 1 heterocycles. The molecule has 1 rings (SSSR count). The van der Waals surface area contributed by atoms with Crippen molar-refractivity contribution in [2.75, 3.05) is 53.4 Å².